The summed E-state index contributed by atoms with van der Waals surface area (Å²) >= 11 is 6.65. The summed E-state index contributed by atoms with van der Waals surface area (Å²) in [5.74, 6) is 0. The zero-order valence-corrected chi connectivity index (χ0v) is 26.2. The Morgan fingerprint density at radius 3 is 0.806 bits per heavy atom. The van der Waals surface area contributed by atoms with Crippen molar-refractivity contribution in [3.8, 4) is 0 Å². The van der Waals surface area contributed by atoms with Gasteiger partial charge in [0, 0.05) is 59.0 Å². The Kier molecular flexibility index (Phi) is 21.5. The maximum Gasteiger partial charge on any atom is 0.537 e. The van der Waals surface area contributed by atoms with Crippen LogP contribution in [0.15, 0.2) is 57.5 Å². The molecule has 0 radical (unpaired) electrons. The number of benzene rings is 2. The SMILES string of the molecule is Brc1ccc(Br)cc1.C.C.CCO[Si](OCC)(OCC)c1ccc([Si](OCC)(OCC)OCC)cc1. The van der Waals surface area contributed by atoms with Crippen LogP contribution in [0.1, 0.15) is 56.4 Å². The summed E-state index contributed by atoms with van der Waals surface area (Å²) in [6.07, 6.45) is 0. The average molecular weight is 671 g/mol. The summed E-state index contributed by atoms with van der Waals surface area (Å²) in [6, 6.07) is 15.9. The Labute approximate surface area is 239 Å². The van der Waals surface area contributed by atoms with Crippen molar-refractivity contribution in [2.75, 3.05) is 39.6 Å². The van der Waals surface area contributed by atoms with Gasteiger partial charge in [-0.2, -0.15) is 0 Å². The minimum atomic E-state index is -2.92. The summed E-state index contributed by atoms with van der Waals surface area (Å²) in [5, 5.41) is 1.86. The normalized spacial score (nSPS) is 11.1. The molecule has 208 valence electrons. The molecule has 0 unspecified atom stereocenters. The van der Waals surface area contributed by atoms with Gasteiger partial charge in [-0.25, -0.2) is 0 Å². The molecule has 0 fully saturated rings. The second kappa shape index (κ2) is 20.5. The molecule has 0 N–H and O–H groups in total. The van der Waals surface area contributed by atoms with Gasteiger partial charge >= 0.3 is 17.6 Å². The third-order valence-corrected chi connectivity index (χ3v) is 11.6. The first kappa shape index (κ1) is 37.7. The van der Waals surface area contributed by atoms with Gasteiger partial charge < -0.3 is 26.6 Å². The van der Waals surface area contributed by atoms with E-state index in [0.29, 0.717) is 39.6 Å². The molecule has 36 heavy (non-hydrogen) atoms. The van der Waals surface area contributed by atoms with E-state index in [-0.39, 0.29) is 14.9 Å². The van der Waals surface area contributed by atoms with Crippen LogP contribution in [0.4, 0.5) is 0 Å². The lowest BCUT2D eigenvalue weighted by Gasteiger charge is -2.30. The van der Waals surface area contributed by atoms with Crippen molar-refractivity contribution in [3.05, 3.63) is 57.5 Å². The van der Waals surface area contributed by atoms with E-state index in [1.807, 2.05) is 90.1 Å². The quantitative estimate of drug-likeness (QED) is 0.209. The Morgan fingerprint density at radius 2 is 0.639 bits per heavy atom. The average Bonchev–Trinajstić information content (AvgIpc) is 2.82. The predicted octanol–water partition coefficient (Wildman–Crippen LogP) is 6.68. The van der Waals surface area contributed by atoms with Crippen LogP contribution in [0.5, 0.6) is 0 Å². The third kappa shape index (κ3) is 11.5. The molecule has 0 saturated heterocycles. The summed E-state index contributed by atoms with van der Waals surface area (Å²) in [7, 11) is -5.83. The summed E-state index contributed by atoms with van der Waals surface area (Å²) in [6.45, 7) is 14.9. The lowest BCUT2D eigenvalue weighted by atomic mass is 10.4. The van der Waals surface area contributed by atoms with E-state index in [4.69, 9.17) is 26.6 Å². The van der Waals surface area contributed by atoms with E-state index in [0.717, 1.165) is 19.3 Å². The van der Waals surface area contributed by atoms with Gasteiger partial charge in [0.25, 0.3) is 0 Å². The summed E-state index contributed by atoms with van der Waals surface area (Å²) < 4.78 is 38.1. The number of rotatable bonds is 14. The molecule has 0 aliphatic heterocycles. The fraction of sp³-hybridized carbons (Fsp3) is 0.538. The lowest BCUT2D eigenvalue weighted by molar-refractivity contribution is 0.0845. The number of halogens is 2. The first-order valence-corrected chi connectivity index (χ1v) is 16.8. The highest BCUT2D eigenvalue weighted by Crippen LogP contribution is 2.15. The molecule has 6 nitrogen and oxygen atoms in total. The third-order valence-electron chi connectivity index (χ3n) is 4.40. The minimum absolute atomic E-state index is 0. The number of hydrogen-bond acceptors (Lipinski definition) is 6. The highest BCUT2D eigenvalue weighted by molar-refractivity contribution is 9.11. The first-order valence-electron chi connectivity index (χ1n) is 11.7. The maximum atomic E-state index is 5.98. The Morgan fingerprint density at radius 1 is 0.444 bits per heavy atom. The van der Waals surface area contributed by atoms with Crippen LogP contribution in [0, 0.1) is 0 Å². The first-order chi connectivity index (χ1) is 16.4. The Bertz CT molecular complexity index is 694. The predicted molar refractivity (Wildman–Crippen MR) is 162 cm³/mol. The van der Waals surface area contributed by atoms with Crippen molar-refractivity contribution in [1.82, 2.24) is 0 Å². The van der Waals surface area contributed by atoms with E-state index in [9.17, 15) is 0 Å². The van der Waals surface area contributed by atoms with Crippen molar-refractivity contribution in [2.45, 2.75) is 56.4 Å². The zero-order chi connectivity index (χ0) is 25.5. The van der Waals surface area contributed by atoms with Crippen LogP contribution in [0.3, 0.4) is 0 Å². The molecular weight excluding hydrogens is 624 g/mol. The van der Waals surface area contributed by atoms with Gasteiger partial charge in [0.2, 0.25) is 0 Å². The fourth-order valence-corrected chi connectivity index (χ4v) is 8.66. The van der Waals surface area contributed by atoms with Gasteiger partial charge in [0.15, 0.2) is 0 Å². The second-order valence-electron chi connectivity index (χ2n) is 6.72. The van der Waals surface area contributed by atoms with Gasteiger partial charge in [0.1, 0.15) is 0 Å². The van der Waals surface area contributed by atoms with E-state index in [1.54, 1.807) is 0 Å². The molecule has 0 aliphatic rings. The zero-order valence-electron chi connectivity index (χ0n) is 21.1. The van der Waals surface area contributed by atoms with Gasteiger partial charge in [-0.15, -0.1) is 0 Å². The molecule has 0 saturated carbocycles. The molecule has 2 aromatic rings. The van der Waals surface area contributed by atoms with Crippen LogP contribution in [0.2, 0.25) is 0 Å². The largest absolute Gasteiger partial charge is 0.537 e. The lowest BCUT2D eigenvalue weighted by Crippen LogP contribution is -2.59. The highest BCUT2D eigenvalue weighted by Gasteiger charge is 2.46. The Balaban J connectivity index is 0. The second-order valence-corrected chi connectivity index (χ2v) is 13.7. The van der Waals surface area contributed by atoms with Crippen molar-refractivity contribution in [3.63, 3.8) is 0 Å². The molecule has 2 rings (SSSR count). The molecule has 0 aliphatic carbocycles. The van der Waals surface area contributed by atoms with Crippen LogP contribution < -0.4 is 10.4 Å². The molecule has 10 heteroatoms. The van der Waals surface area contributed by atoms with Gasteiger partial charge in [-0.3, -0.25) is 0 Å². The van der Waals surface area contributed by atoms with E-state index < -0.39 is 17.6 Å². The van der Waals surface area contributed by atoms with Crippen LogP contribution >= 0.6 is 31.9 Å². The van der Waals surface area contributed by atoms with Crippen LogP contribution in [-0.2, 0) is 26.6 Å². The standard InChI is InChI=1S/C18H34O6Si2.C6H4Br2.2CH4/c1-7-19-25(20-8-2,21-9-3)17-13-15-18(16-14-17)26(22-10-4,23-11-5)24-12-6;7-5-1-2-6(8)4-3-5;;/h13-16H,7-12H2,1-6H3;1-4H;2*1H4. The molecule has 0 aromatic heterocycles. The molecule has 0 amide bonds. The summed E-state index contributed by atoms with van der Waals surface area (Å²) in [5.41, 5.74) is 0. The molecular formula is C26H46Br2O6Si2. The molecule has 2 aromatic carbocycles. The van der Waals surface area contributed by atoms with Gasteiger partial charge in [-0.1, -0.05) is 71.0 Å². The van der Waals surface area contributed by atoms with Crippen LogP contribution in [0.25, 0.3) is 0 Å². The summed E-state index contributed by atoms with van der Waals surface area (Å²) in [4.78, 5) is 0. The molecule has 0 bridgehead atoms. The van der Waals surface area contributed by atoms with E-state index in [1.165, 1.54) is 0 Å². The van der Waals surface area contributed by atoms with Crippen molar-refractivity contribution in [1.29, 1.82) is 0 Å². The smallest absolute Gasteiger partial charge is 0.370 e. The van der Waals surface area contributed by atoms with Crippen molar-refractivity contribution < 1.29 is 26.6 Å². The van der Waals surface area contributed by atoms with E-state index >= 15 is 0 Å². The number of hydrogen-bond donors (Lipinski definition) is 0. The minimum Gasteiger partial charge on any atom is -0.370 e. The van der Waals surface area contributed by atoms with Crippen LogP contribution in [-0.4, -0.2) is 57.3 Å². The van der Waals surface area contributed by atoms with Gasteiger partial charge in [0.05, 0.1) is 0 Å². The van der Waals surface area contributed by atoms with Gasteiger partial charge in [-0.05, 0) is 65.8 Å². The highest BCUT2D eigenvalue weighted by atomic mass is 79.9. The monoisotopic (exact) mass is 668 g/mol. The maximum absolute atomic E-state index is 5.98. The Hall–Kier alpha value is -0.406. The fourth-order valence-electron chi connectivity index (χ4n) is 3.20. The molecule has 0 spiro atoms. The van der Waals surface area contributed by atoms with Crippen molar-refractivity contribution in [2.24, 2.45) is 0 Å². The molecule has 0 heterocycles. The van der Waals surface area contributed by atoms with E-state index in [2.05, 4.69) is 31.9 Å². The molecule has 0 atom stereocenters. The van der Waals surface area contributed by atoms with Crippen molar-refractivity contribution >= 4 is 59.8 Å². The topological polar surface area (TPSA) is 55.4 Å².